The van der Waals surface area contributed by atoms with Crippen LogP contribution in [0.25, 0.3) is 21.7 Å². The maximum atomic E-state index is 12.6. The lowest BCUT2D eigenvalue weighted by atomic mass is 10.1. The second kappa shape index (κ2) is 10.9. The Bertz CT molecular complexity index is 1380. The van der Waals surface area contributed by atoms with Gasteiger partial charge in [-0.15, -0.1) is 0 Å². The number of carbonyl (C=O) groups excluding carboxylic acids is 1. The number of ether oxygens (including phenoxy) is 1. The number of hydrogen-bond donors (Lipinski definition) is 2. The van der Waals surface area contributed by atoms with Gasteiger partial charge in [-0.2, -0.15) is 0 Å². The van der Waals surface area contributed by atoms with Crippen molar-refractivity contribution in [1.29, 1.82) is 0 Å². The van der Waals surface area contributed by atoms with Gasteiger partial charge in [-0.3, -0.25) is 14.2 Å². The molecule has 4 rings (SSSR count). The van der Waals surface area contributed by atoms with Gasteiger partial charge in [0.25, 0.3) is 5.56 Å². The van der Waals surface area contributed by atoms with Crippen LogP contribution in [-0.4, -0.2) is 28.6 Å². The molecule has 0 fully saturated rings. The minimum Gasteiger partial charge on any atom is -0.492 e. The maximum absolute atomic E-state index is 12.6. The van der Waals surface area contributed by atoms with Crippen LogP contribution in [0.3, 0.4) is 0 Å². The smallest absolute Gasteiger partial charge is 0.262 e. The van der Waals surface area contributed by atoms with Crippen LogP contribution in [0.1, 0.15) is 25.7 Å². The van der Waals surface area contributed by atoms with Crippen molar-refractivity contribution in [2.24, 2.45) is 0 Å². The van der Waals surface area contributed by atoms with E-state index in [2.05, 4.69) is 16.4 Å². The fourth-order valence-corrected chi connectivity index (χ4v) is 4.12. The lowest BCUT2D eigenvalue weighted by Crippen LogP contribution is -2.27. The van der Waals surface area contributed by atoms with Crippen LogP contribution in [0.2, 0.25) is 0 Å². The molecule has 0 aliphatic heterocycles. The lowest BCUT2D eigenvalue weighted by molar-refractivity contribution is -0.121. The summed E-state index contributed by atoms with van der Waals surface area (Å²) in [5, 5.41) is 5.83. The Labute approximate surface area is 197 Å². The molecule has 2 N–H and O–H groups in total. The van der Waals surface area contributed by atoms with E-state index in [0.717, 1.165) is 35.9 Å². The molecule has 0 saturated carbocycles. The van der Waals surface area contributed by atoms with Crippen LogP contribution in [0, 0.1) is 4.77 Å². The minimum absolute atomic E-state index is 0.0114. The molecule has 33 heavy (non-hydrogen) atoms. The third-order valence-corrected chi connectivity index (χ3v) is 5.91. The van der Waals surface area contributed by atoms with Gasteiger partial charge >= 0.3 is 0 Å². The quantitative estimate of drug-likeness (QED) is 0.258. The summed E-state index contributed by atoms with van der Waals surface area (Å²) in [4.78, 5) is 27.8. The molecule has 6 nitrogen and oxygen atoms in total. The van der Waals surface area contributed by atoms with E-state index >= 15 is 0 Å². The number of H-pyrrole nitrogens is 1. The number of hydrogen-bond acceptors (Lipinski definition) is 4. The van der Waals surface area contributed by atoms with Crippen LogP contribution in [0.4, 0.5) is 0 Å². The summed E-state index contributed by atoms with van der Waals surface area (Å²) >= 11 is 5.34. The predicted octanol–water partition coefficient (Wildman–Crippen LogP) is 4.97. The third kappa shape index (κ3) is 5.87. The second-order valence-corrected chi connectivity index (χ2v) is 8.34. The van der Waals surface area contributed by atoms with Gasteiger partial charge in [-0.25, -0.2) is 0 Å². The number of unbranched alkanes of at least 4 members (excludes halogenated alkanes) is 2. The van der Waals surface area contributed by atoms with Crippen molar-refractivity contribution in [3.05, 3.63) is 81.9 Å². The largest absolute Gasteiger partial charge is 0.492 e. The summed E-state index contributed by atoms with van der Waals surface area (Å²) in [6, 6.07) is 21.5. The SMILES string of the molecule is O=C(CCCCCn1c(=S)[nH]c2ccccc2c1=O)NCCOc1ccc2ccccc2c1. The zero-order valence-corrected chi connectivity index (χ0v) is 19.2. The topological polar surface area (TPSA) is 76.1 Å². The van der Waals surface area contributed by atoms with Crippen molar-refractivity contribution in [2.45, 2.75) is 32.2 Å². The molecule has 1 aromatic heterocycles. The number of carbonyl (C=O) groups is 1. The number of fused-ring (bicyclic) bond motifs is 2. The molecule has 1 heterocycles. The first-order valence-electron chi connectivity index (χ1n) is 11.2. The number of aromatic nitrogens is 2. The van der Waals surface area contributed by atoms with E-state index in [4.69, 9.17) is 17.0 Å². The van der Waals surface area contributed by atoms with E-state index in [0.29, 0.717) is 36.3 Å². The molecule has 4 aromatic rings. The summed E-state index contributed by atoms with van der Waals surface area (Å²) in [5.74, 6) is 0.808. The molecule has 7 heteroatoms. The normalized spacial score (nSPS) is 11.0. The lowest BCUT2D eigenvalue weighted by Gasteiger charge is -2.09. The maximum Gasteiger partial charge on any atom is 0.262 e. The van der Waals surface area contributed by atoms with Crippen LogP contribution < -0.4 is 15.6 Å². The Morgan fingerprint density at radius 3 is 2.64 bits per heavy atom. The minimum atomic E-state index is -0.0708. The van der Waals surface area contributed by atoms with E-state index in [1.807, 2.05) is 54.6 Å². The van der Waals surface area contributed by atoms with Gasteiger partial charge in [0.15, 0.2) is 4.77 Å². The molecule has 0 bridgehead atoms. The number of nitrogens with one attached hydrogen (secondary N) is 2. The van der Waals surface area contributed by atoms with Crippen LogP contribution in [0.5, 0.6) is 5.75 Å². The number of rotatable bonds is 10. The van der Waals surface area contributed by atoms with Gasteiger partial charge in [-0.1, -0.05) is 48.9 Å². The highest BCUT2D eigenvalue weighted by Crippen LogP contribution is 2.20. The predicted molar refractivity (Wildman–Crippen MR) is 134 cm³/mol. The molecule has 0 radical (unpaired) electrons. The summed E-state index contributed by atoms with van der Waals surface area (Å²) in [7, 11) is 0. The Balaban J connectivity index is 1.14. The molecule has 170 valence electrons. The summed E-state index contributed by atoms with van der Waals surface area (Å²) < 4.78 is 7.78. The van der Waals surface area contributed by atoms with E-state index in [9.17, 15) is 9.59 Å². The van der Waals surface area contributed by atoms with Crippen LogP contribution in [-0.2, 0) is 11.3 Å². The highest BCUT2D eigenvalue weighted by molar-refractivity contribution is 7.71. The fourth-order valence-electron chi connectivity index (χ4n) is 3.84. The molecule has 1 amide bonds. The van der Waals surface area contributed by atoms with Gasteiger partial charge in [-0.05, 0) is 60.1 Å². The zero-order chi connectivity index (χ0) is 23.0. The molecule has 0 atom stereocenters. The van der Waals surface area contributed by atoms with Gasteiger partial charge < -0.3 is 15.0 Å². The molecule has 0 aliphatic carbocycles. The van der Waals surface area contributed by atoms with E-state index in [1.54, 1.807) is 10.6 Å². The Morgan fingerprint density at radius 1 is 0.970 bits per heavy atom. The second-order valence-electron chi connectivity index (χ2n) is 7.95. The van der Waals surface area contributed by atoms with Crippen molar-refractivity contribution < 1.29 is 9.53 Å². The van der Waals surface area contributed by atoms with Crippen LogP contribution >= 0.6 is 12.2 Å². The molecular formula is C26H27N3O3S. The van der Waals surface area contributed by atoms with Crippen molar-refractivity contribution in [3.63, 3.8) is 0 Å². The van der Waals surface area contributed by atoms with E-state index in [1.165, 1.54) is 5.39 Å². The van der Waals surface area contributed by atoms with Crippen molar-refractivity contribution in [1.82, 2.24) is 14.9 Å². The van der Waals surface area contributed by atoms with Crippen molar-refractivity contribution in [3.8, 4) is 5.75 Å². The Hall–Kier alpha value is -3.45. The number of para-hydroxylation sites is 1. The Morgan fingerprint density at radius 2 is 1.76 bits per heavy atom. The summed E-state index contributed by atoms with van der Waals surface area (Å²) in [5.41, 5.74) is 0.684. The zero-order valence-electron chi connectivity index (χ0n) is 18.4. The fraction of sp³-hybridized carbons (Fsp3) is 0.269. The molecule has 0 unspecified atom stereocenters. The highest BCUT2D eigenvalue weighted by Gasteiger charge is 2.06. The van der Waals surface area contributed by atoms with Gasteiger partial charge in [0.05, 0.1) is 17.4 Å². The first-order valence-corrected chi connectivity index (χ1v) is 11.6. The van der Waals surface area contributed by atoms with Crippen LogP contribution in [0.15, 0.2) is 71.5 Å². The average molecular weight is 462 g/mol. The van der Waals surface area contributed by atoms with Gasteiger partial charge in [0, 0.05) is 13.0 Å². The van der Waals surface area contributed by atoms with Crippen molar-refractivity contribution >= 4 is 39.8 Å². The number of amides is 1. The number of aromatic amines is 1. The standard InChI is InChI=1S/C26H27N3O3S/c30-24(27-15-17-32-21-14-13-19-8-3-4-9-20(19)18-21)12-2-1-7-16-29-25(31)22-10-5-6-11-23(22)28-26(29)33/h3-6,8-11,13-14,18H,1-2,7,12,15-17H2,(H,27,30)(H,28,33). The monoisotopic (exact) mass is 461 g/mol. The third-order valence-electron chi connectivity index (χ3n) is 5.59. The van der Waals surface area contributed by atoms with Crippen molar-refractivity contribution in [2.75, 3.05) is 13.2 Å². The van der Waals surface area contributed by atoms with E-state index < -0.39 is 0 Å². The molecule has 0 saturated heterocycles. The van der Waals surface area contributed by atoms with E-state index in [-0.39, 0.29) is 11.5 Å². The summed E-state index contributed by atoms with van der Waals surface area (Å²) in [6.45, 7) is 1.43. The first kappa shape index (κ1) is 22.7. The van der Waals surface area contributed by atoms with Gasteiger partial charge in [0.2, 0.25) is 5.91 Å². The highest BCUT2D eigenvalue weighted by atomic mass is 32.1. The Kier molecular flexibility index (Phi) is 7.52. The molecule has 0 aliphatic rings. The molecule has 3 aromatic carbocycles. The van der Waals surface area contributed by atoms with Gasteiger partial charge in [0.1, 0.15) is 12.4 Å². The average Bonchev–Trinajstić information content (AvgIpc) is 2.83. The summed E-state index contributed by atoms with van der Waals surface area (Å²) in [6.07, 6.45) is 2.84. The first-order chi connectivity index (χ1) is 16.1. The number of nitrogens with zero attached hydrogens (tertiary/aromatic N) is 1. The number of benzene rings is 3. The molecule has 0 spiro atoms. The molecular weight excluding hydrogens is 434 g/mol.